The molecule has 0 aromatic carbocycles. The third-order valence-corrected chi connectivity index (χ3v) is 3.14. The molecule has 0 spiro atoms. The number of rotatable bonds is 5. The summed E-state index contributed by atoms with van der Waals surface area (Å²) < 4.78 is 0. The maximum atomic E-state index is 11.9. The van der Waals surface area contributed by atoms with E-state index in [0.717, 1.165) is 25.9 Å². The fourth-order valence-corrected chi connectivity index (χ4v) is 2.12. The van der Waals surface area contributed by atoms with Crippen LogP contribution in [-0.4, -0.2) is 61.9 Å². The number of nitrogens with zero attached hydrogens (tertiary/aromatic N) is 2. The van der Waals surface area contributed by atoms with Gasteiger partial charge in [-0.15, -0.1) is 0 Å². The highest BCUT2D eigenvalue weighted by Gasteiger charge is 2.23. The zero-order valence-electron chi connectivity index (χ0n) is 11.0. The van der Waals surface area contributed by atoms with Crippen molar-refractivity contribution < 1.29 is 9.59 Å². The SMILES string of the molecule is CNCC(C)C(=O)N(C)CC(=O)N1CCCC1. The number of likely N-dealkylation sites (tertiary alicyclic amines) is 1. The second-order valence-electron chi connectivity index (χ2n) is 4.74. The number of hydrogen-bond donors (Lipinski definition) is 1. The lowest BCUT2D eigenvalue weighted by Crippen LogP contribution is -2.43. The zero-order chi connectivity index (χ0) is 12.8. The smallest absolute Gasteiger partial charge is 0.242 e. The van der Waals surface area contributed by atoms with Crippen molar-refractivity contribution in [2.75, 3.05) is 40.3 Å². The number of carbonyl (C=O) groups excluding carboxylic acids is 2. The minimum absolute atomic E-state index is 0.0203. The Hall–Kier alpha value is -1.10. The first-order valence-electron chi connectivity index (χ1n) is 6.23. The lowest BCUT2D eigenvalue weighted by molar-refractivity contribution is -0.140. The van der Waals surface area contributed by atoms with Crippen LogP contribution in [0.2, 0.25) is 0 Å². The van der Waals surface area contributed by atoms with Crippen molar-refractivity contribution in [1.82, 2.24) is 15.1 Å². The summed E-state index contributed by atoms with van der Waals surface area (Å²) in [6.07, 6.45) is 2.17. The highest BCUT2D eigenvalue weighted by molar-refractivity contribution is 5.85. The van der Waals surface area contributed by atoms with E-state index in [9.17, 15) is 9.59 Å². The van der Waals surface area contributed by atoms with Gasteiger partial charge in [0.2, 0.25) is 11.8 Å². The fourth-order valence-electron chi connectivity index (χ4n) is 2.12. The summed E-state index contributed by atoms with van der Waals surface area (Å²) >= 11 is 0. The predicted molar refractivity (Wildman–Crippen MR) is 66.5 cm³/mol. The van der Waals surface area contributed by atoms with Crippen LogP contribution < -0.4 is 5.32 Å². The number of amides is 2. The molecule has 0 aromatic heterocycles. The van der Waals surface area contributed by atoms with E-state index in [-0.39, 0.29) is 24.3 Å². The Morgan fingerprint density at radius 3 is 2.47 bits per heavy atom. The molecule has 1 unspecified atom stereocenters. The maximum Gasteiger partial charge on any atom is 0.242 e. The van der Waals surface area contributed by atoms with Gasteiger partial charge in [0, 0.05) is 32.6 Å². The molecule has 1 aliphatic heterocycles. The molecule has 0 radical (unpaired) electrons. The number of hydrogen-bond acceptors (Lipinski definition) is 3. The van der Waals surface area contributed by atoms with Crippen LogP contribution in [0.5, 0.6) is 0 Å². The van der Waals surface area contributed by atoms with Gasteiger partial charge >= 0.3 is 0 Å². The number of nitrogens with one attached hydrogen (secondary N) is 1. The molecule has 0 saturated carbocycles. The molecule has 1 heterocycles. The maximum absolute atomic E-state index is 11.9. The molecule has 5 heteroatoms. The third kappa shape index (κ3) is 4.00. The van der Waals surface area contributed by atoms with Gasteiger partial charge in [-0.1, -0.05) is 6.92 Å². The summed E-state index contributed by atoms with van der Waals surface area (Å²) in [4.78, 5) is 27.1. The van der Waals surface area contributed by atoms with Crippen LogP contribution in [-0.2, 0) is 9.59 Å². The Balaban J connectivity index is 2.39. The van der Waals surface area contributed by atoms with Gasteiger partial charge in [-0.05, 0) is 19.9 Å². The Labute approximate surface area is 103 Å². The molecule has 5 nitrogen and oxygen atoms in total. The topological polar surface area (TPSA) is 52.7 Å². The molecule has 17 heavy (non-hydrogen) atoms. The molecule has 1 atom stereocenters. The zero-order valence-corrected chi connectivity index (χ0v) is 11.0. The predicted octanol–water partition coefficient (Wildman–Crippen LogP) is -0.0773. The van der Waals surface area contributed by atoms with Gasteiger partial charge < -0.3 is 15.1 Å². The van der Waals surface area contributed by atoms with Crippen molar-refractivity contribution in [2.45, 2.75) is 19.8 Å². The normalized spacial score (nSPS) is 17.0. The van der Waals surface area contributed by atoms with Crippen LogP contribution in [0.3, 0.4) is 0 Å². The summed E-state index contributed by atoms with van der Waals surface area (Å²) in [5.74, 6) is -0.00159. The van der Waals surface area contributed by atoms with E-state index in [1.54, 1.807) is 7.05 Å². The molecule has 98 valence electrons. The second kappa shape index (κ2) is 6.59. The highest BCUT2D eigenvalue weighted by Crippen LogP contribution is 2.08. The van der Waals surface area contributed by atoms with E-state index in [1.807, 2.05) is 18.9 Å². The summed E-state index contributed by atoms with van der Waals surface area (Å²) in [7, 11) is 3.52. The van der Waals surface area contributed by atoms with Crippen LogP contribution in [0.4, 0.5) is 0 Å². The second-order valence-corrected chi connectivity index (χ2v) is 4.74. The average Bonchev–Trinajstić information content (AvgIpc) is 2.81. The van der Waals surface area contributed by atoms with Crippen LogP contribution in [0.15, 0.2) is 0 Å². The van der Waals surface area contributed by atoms with E-state index >= 15 is 0 Å². The molecule has 1 aliphatic rings. The summed E-state index contributed by atoms with van der Waals surface area (Å²) in [5, 5.41) is 2.97. The van der Waals surface area contributed by atoms with E-state index in [4.69, 9.17) is 0 Å². The number of likely N-dealkylation sites (N-methyl/N-ethyl adjacent to an activating group) is 1. The summed E-state index contributed by atoms with van der Waals surface area (Å²) in [5.41, 5.74) is 0. The Morgan fingerprint density at radius 2 is 1.94 bits per heavy atom. The molecule has 1 rings (SSSR count). The monoisotopic (exact) mass is 241 g/mol. The standard InChI is InChI=1S/C12H23N3O2/c1-10(8-13-2)12(17)14(3)9-11(16)15-6-4-5-7-15/h10,13H,4-9H2,1-3H3. The van der Waals surface area contributed by atoms with Crippen LogP contribution in [0, 0.1) is 5.92 Å². The van der Waals surface area contributed by atoms with Crippen molar-refractivity contribution in [3.63, 3.8) is 0 Å². The molecule has 2 amide bonds. The lowest BCUT2D eigenvalue weighted by Gasteiger charge is -2.23. The fraction of sp³-hybridized carbons (Fsp3) is 0.833. The van der Waals surface area contributed by atoms with Crippen LogP contribution in [0.1, 0.15) is 19.8 Å². The third-order valence-electron chi connectivity index (χ3n) is 3.14. The number of carbonyl (C=O) groups is 2. The Bertz CT molecular complexity index is 275. The van der Waals surface area contributed by atoms with Gasteiger partial charge in [0.25, 0.3) is 0 Å². The van der Waals surface area contributed by atoms with Crippen molar-refractivity contribution >= 4 is 11.8 Å². The first-order valence-corrected chi connectivity index (χ1v) is 6.23. The summed E-state index contributed by atoms with van der Waals surface area (Å²) in [6.45, 7) is 4.39. The molecular weight excluding hydrogens is 218 g/mol. The van der Waals surface area contributed by atoms with E-state index in [1.165, 1.54) is 4.90 Å². The molecule has 0 aliphatic carbocycles. The van der Waals surface area contributed by atoms with Crippen molar-refractivity contribution in [2.24, 2.45) is 5.92 Å². The van der Waals surface area contributed by atoms with Crippen LogP contribution in [0.25, 0.3) is 0 Å². The minimum Gasteiger partial charge on any atom is -0.341 e. The van der Waals surface area contributed by atoms with Gasteiger partial charge in [0.05, 0.1) is 6.54 Å². The first-order chi connectivity index (χ1) is 8.06. The molecule has 1 fully saturated rings. The Morgan fingerprint density at radius 1 is 1.35 bits per heavy atom. The molecule has 0 aromatic rings. The molecule has 1 N–H and O–H groups in total. The van der Waals surface area contributed by atoms with Gasteiger partial charge in [0.15, 0.2) is 0 Å². The molecular formula is C12H23N3O2. The van der Waals surface area contributed by atoms with E-state index in [2.05, 4.69) is 5.32 Å². The molecule has 0 bridgehead atoms. The highest BCUT2D eigenvalue weighted by atomic mass is 16.2. The van der Waals surface area contributed by atoms with Gasteiger partial charge in [0.1, 0.15) is 0 Å². The summed E-state index contributed by atoms with van der Waals surface area (Å²) in [6, 6.07) is 0. The van der Waals surface area contributed by atoms with E-state index in [0.29, 0.717) is 6.54 Å². The van der Waals surface area contributed by atoms with Crippen molar-refractivity contribution in [1.29, 1.82) is 0 Å². The molecule has 1 saturated heterocycles. The van der Waals surface area contributed by atoms with Gasteiger partial charge in [-0.2, -0.15) is 0 Å². The van der Waals surface area contributed by atoms with Crippen LogP contribution >= 0.6 is 0 Å². The average molecular weight is 241 g/mol. The first kappa shape index (κ1) is 14.0. The van der Waals surface area contributed by atoms with E-state index < -0.39 is 0 Å². The van der Waals surface area contributed by atoms with Crippen molar-refractivity contribution in [3.05, 3.63) is 0 Å². The van der Waals surface area contributed by atoms with Gasteiger partial charge in [-0.25, -0.2) is 0 Å². The van der Waals surface area contributed by atoms with Crippen molar-refractivity contribution in [3.8, 4) is 0 Å². The minimum atomic E-state index is -0.0867. The Kier molecular flexibility index (Phi) is 5.41. The quantitative estimate of drug-likeness (QED) is 0.732. The lowest BCUT2D eigenvalue weighted by atomic mass is 10.1. The van der Waals surface area contributed by atoms with Gasteiger partial charge in [-0.3, -0.25) is 9.59 Å². The largest absolute Gasteiger partial charge is 0.341 e.